The summed E-state index contributed by atoms with van der Waals surface area (Å²) in [4.78, 5) is 25.3. The third-order valence-corrected chi connectivity index (χ3v) is 5.00. The third-order valence-electron chi connectivity index (χ3n) is 5.00. The Morgan fingerprint density at radius 3 is 2.35 bits per heavy atom. The second kappa shape index (κ2) is 4.85. The van der Waals surface area contributed by atoms with Crippen molar-refractivity contribution in [2.45, 2.75) is 33.8 Å². The van der Waals surface area contributed by atoms with Gasteiger partial charge < -0.3 is 14.2 Å². The zero-order valence-corrected chi connectivity index (χ0v) is 14.2. The normalized spacial score (nSPS) is 21.7. The molecule has 5 nitrogen and oxygen atoms in total. The zero-order chi connectivity index (χ0) is 17.1. The first-order valence-electron chi connectivity index (χ1n) is 7.52. The van der Waals surface area contributed by atoms with Crippen molar-refractivity contribution in [2.75, 3.05) is 14.2 Å². The molecule has 1 heterocycles. The molecule has 0 fully saturated rings. The van der Waals surface area contributed by atoms with Crippen molar-refractivity contribution in [2.24, 2.45) is 5.41 Å². The lowest BCUT2D eigenvalue weighted by atomic mass is 9.73. The van der Waals surface area contributed by atoms with Gasteiger partial charge in [0, 0.05) is 22.1 Å². The lowest BCUT2D eigenvalue weighted by Crippen LogP contribution is -2.32. The molecule has 23 heavy (non-hydrogen) atoms. The van der Waals surface area contributed by atoms with Crippen LogP contribution in [0.1, 0.15) is 42.3 Å². The van der Waals surface area contributed by atoms with Gasteiger partial charge in [-0.1, -0.05) is 13.8 Å². The molecule has 3 rings (SSSR count). The number of rotatable bonds is 2. The molecule has 122 valence electrons. The fraction of sp³-hybridized carbons (Fsp3) is 0.444. The predicted octanol–water partition coefficient (Wildman–Crippen LogP) is 2.93. The molecule has 0 saturated heterocycles. The largest absolute Gasteiger partial charge is 0.493 e. The number of methoxy groups -OCH3 is 2. The summed E-state index contributed by atoms with van der Waals surface area (Å²) in [7, 11) is 3.05. The fourth-order valence-corrected chi connectivity index (χ4v) is 3.34. The summed E-state index contributed by atoms with van der Waals surface area (Å²) in [6.45, 7) is 7.59. The summed E-state index contributed by atoms with van der Waals surface area (Å²) in [5.41, 5.74) is 1.63. The van der Waals surface area contributed by atoms with Gasteiger partial charge in [-0.2, -0.15) is 0 Å². The number of benzene rings is 1. The van der Waals surface area contributed by atoms with Gasteiger partial charge in [0.15, 0.2) is 11.5 Å². The van der Waals surface area contributed by atoms with Crippen LogP contribution in [0.25, 0.3) is 5.76 Å². The number of carbonyl (C=O) groups excluding carboxylic acids is 2. The lowest BCUT2D eigenvalue weighted by molar-refractivity contribution is -0.112. The molecule has 1 aliphatic carbocycles. The van der Waals surface area contributed by atoms with Gasteiger partial charge >= 0.3 is 0 Å². The number of Topliss-reactive ketones (excluding diaryl/α,β-unsaturated/α-hetero) is 2. The highest BCUT2D eigenvalue weighted by Crippen LogP contribution is 2.51. The summed E-state index contributed by atoms with van der Waals surface area (Å²) < 4.78 is 16.7. The van der Waals surface area contributed by atoms with E-state index < -0.39 is 17.0 Å². The van der Waals surface area contributed by atoms with Crippen LogP contribution in [0, 0.1) is 12.3 Å². The van der Waals surface area contributed by atoms with Crippen molar-refractivity contribution < 1.29 is 23.8 Å². The highest BCUT2D eigenvalue weighted by atomic mass is 16.5. The second-order valence-electron chi connectivity index (χ2n) is 6.50. The summed E-state index contributed by atoms with van der Waals surface area (Å²) >= 11 is 0. The molecular weight excluding hydrogens is 296 g/mol. The van der Waals surface area contributed by atoms with Gasteiger partial charge in [0.2, 0.25) is 11.6 Å². The van der Waals surface area contributed by atoms with E-state index in [1.165, 1.54) is 7.11 Å². The van der Waals surface area contributed by atoms with Gasteiger partial charge in [0.25, 0.3) is 0 Å². The molecule has 0 bridgehead atoms. The van der Waals surface area contributed by atoms with Crippen LogP contribution >= 0.6 is 0 Å². The van der Waals surface area contributed by atoms with Crippen molar-refractivity contribution >= 4 is 17.3 Å². The molecule has 0 saturated carbocycles. The molecule has 1 aromatic rings. The quantitative estimate of drug-likeness (QED) is 0.785. The van der Waals surface area contributed by atoms with E-state index in [9.17, 15) is 9.59 Å². The second-order valence-corrected chi connectivity index (χ2v) is 6.50. The fourth-order valence-electron chi connectivity index (χ4n) is 3.34. The van der Waals surface area contributed by atoms with Crippen molar-refractivity contribution in [3.8, 4) is 11.5 Å². The minimum absolute atomic E-state index is 0.192. The van der Waals surface area contributed by atoms with Gasteiger partial charge in [0.1, 0.15) is 11.9 Å². The van der Waals surface area contributed by atoms with Gasteiger partial charge in [-0.05, 0) is 19.9 Å². The number of carbonyl (C=O) groups is 2. The topological polar surface area (TPSA) is 61.8 Å². The first kappa shape index (κ1) is 15.6. The minimum atomic E-state index is -0.520. The summed E-state index contributed by atoms with van der Waals surface area (Å²) in [6.07, 6.45) is -0.192. The van der Waals surface area contributed by atoms with Crippen molar-refractivity contribution in [3.05, 3.63) is 28.3 Å². The number of ketones is 2. The van der Waals surface area contributed by atoms with E-state index >= 15 is 0 Å². The number of ether oxygens (including phenoxy) is 3. The monoisotopic (exact) mass is 316 g/mol. The molecule has 1 atom stereocenters. The van der Waals surface area contributed by atoms with Crippen LogP contribution < -0.4 is 9.47 Å². The first-order valence-corrected chi connectivity index (χ1v) is 7.52. The molecule has 0 amide bonds. The van der Waals surface area contributed by atoms with Crippen molar-refractivity contribution in [3.63, 3.8) is 0 Å². The molecule has 0 radical (unpaired) electrons. The maximum absolute atomic E-state index is 12.6. The van der Waals surface area contributed by atoms with E-state index in [0.29, 0.717) is 34.0 Å². The van der Waals surface area contributed by atoms with Gasteiger partial charge in [-0.25, -0.2) is 0 Å². The molecule has 5 heteroatoms. The smallest absolute Gasteiger partial charge is 0.234 e. The molecule has 0 aromatic heterocycles. The SMILES string of the molecule is COc1cc2c(c(C)c1OC)C1=C(C(=O)C2=O)C(C)(C)C(C)O1. The Morgan fingerprint density at radius 2 is 1.78 bits per heavy atom. The molecular formula is C18H20O5. The Labute approximate surface area is 135 Å². The summed E-state index contributed by atoms with van der Waals surface area (Å²) in [5.74, 6) is 0.461. The average Bonchev–Trinajstić information content (AvgIpc) is 2.74. The number of hydrogen-bond donors (Lipinski definition) is 0. The summed E-state index contributed by atoms with van der Waals surface area (Å²) in [6, 6.07) is 1.56. The van der Waals surface area contributed by atoms with Crippen LogP contribution in [-0.4, -0.2) is 31.9 Å². The number of fused-ring (bicyclic) bond motifs is 2. The zero-order valence-electron chi connectivity index (χ0n) is 14.2. The van der Waals surface area contributed by atoms with Crippen LogP contribution in [-0.2, 0) is 9.53 Å². The third kappa shape index (κ3) is 1.85. The first-order chi connectivity index (χ1) is 10.8. The average molecular weight is 316 g/mol. The van der Waals surface area contributed by atoms with E-state index in [4.69, 9.17) is 14.2 Å². The molecule has 0 N–H and O–H groups in total. The van der Waals surface area contributed by atoms with E-state index in [0.717, 1.165) is 5.56 Å². The van der Waals surface area contributed by atoms with E-state index in [2.05, 4.69) is 0 Å². The molecule has 1 unspecified atom stereocenters. The van der Waals surface area contributed by atoms with Crippen molar-refractivity contribution in [1.82, 2.24) is 0 Å². The Hall–Kier alpha value is -2.30. The standard InChI is InChI=1S/C18H20O5/c1-8-12-10(7-11(21-5)16(8)22-6)14(19)15(20)13-17(12)23-9(2)18(13,3)4/h7,9H,1-6H3. The van der Waals surface area contributed by atoms with Gasteiger partial charge in [-0.15, -0.1) is 0 Å². The van der Waals surface area contributed by atoms with Crippen LogP contribution in [0.3, 0.4) is 0 Å². The maximum Gasteiger partial charge on any atom is 0.234 e. The van der Waals surface area contributed by atoms with Crippen LogP contribution in [0.5, 0.6) is 11.5 Å². The minimum Gasteiger partial charge on any atom is -0.493 e. The Balaban J connectivity index is 2.39. The molecule has 0 spiro atoms. The number of hydrogen-bond acceptors (Lipinski definition) is 5. The van der Waals surface area contributed by atoms with Crippen LogP contribution in [0.4, 0.5) is 0 Å². The van der Waals surface area contributed by atoms with Crippen LogP contribution in [0.2, 0.25) is 0 Å². The molecule has 1 aliphatic heterocycles. The highest BCUT2D eigenvalue weighted by molar-refractivity contribution is 6.52. The lowest BCUT2D eigenvalue weighted by Gasteiger charge is -2.25. The Kier molecular flexibility index (Phi) is 3.29. The summed E-state index contributed by atoms with van der Waals surface area (Å²) in [5, 5.41) is 0. The van der Waals surface area contributed by atoms with E-state index in [1.54, 1.807) is 13.2 Å². The Morgan fingerprint density at radius 1 is 1.13 bits per heavy atom. The van der Waals surface area contributed by atoms with E-state index in [1.807, 2.05) is 27.7 Å². The highest BCUT2D eigenvalue weighted by Gasteiger charge is 2.50. The molecule has 1 aromatic carbocycles. The van der Waals surface area contributed by atoms with E-state index in [-0.39, 0.29) is 6.10 Å². The maximum atomic E-state index is 12.6. The van der Waals surface area contributed by atoms with Crippen LogP contribution in [0.15, 0.2) is 11.6 Å². The van der Waals surface area contributed by atoms with Gasteiger partial charge in [0.05, 0.1) is 19.8 Å². The molecule has 2 aliphatic rings. The Bertz CT molecular complexity index is 770. The van der Waals surface area contributed by atoms with Crippen molar-refractivity contribution in [1.29, 1.82) is 0 Å². The van der Waals surface area contributed by atoms with Gasteiger partial charge in [-0.3, -0.25) is 9.59 Å². The predicted molar refractivity (Wildman–Crippen MR) is 84.9 cm³/mol.